The van der Waals surface area contributed by atoms with E-state index in [0.717, 1.165) is 11.3 Å². The van der Waals surface area contributed by atoms with Crippen LogP contribution in [0, 0.1) is 19.7 Å². The largest absolute Gasteiger partial charge is 0.366 e. The lowest BCUT2D eigenvalue weighted by molar-refractivity contribution is 0.613. The summed E-state index contributed by atoms with van der Waals surface area (Å²) in [6, 6.07) is 14.6. The molecule has 2 aromatic carbocycles. The van der Waals surface area contributed by atoms with Crippen molar-refractivity contribution in [1.29, 1.82) is 0 Å². The summed E-state index contributed by atoms with van der Waals surface area (Å²) in [6.45, 7) is 4.46. The number of aromatic nitrogens is 2. The quantitative estimate of drug-likeness (QED) is 0.721. The van der Waals surface area contributed by atoms with Gasteiger partial charge in [0, 0.05) is 24.0 Å². The van der Waals surface area contributed by atoms with Gasteiger partial charge in [-0.15, -0.1) is 0 Å². The van der Waals surface area contributed by atoms with Gasteiger partial charge in [-0.2, -0.15) is 4.98 Å². The Morgan fingerprint density at radius 3 is 2.67 bits per heavy atom. The highest BCUT2D eigenvalue weighted by Crippen LogP contribution is 2.20. The lowest BCUT2D eigenvalue weighted by Crippen LogP contribution is -2.05. The Morgan fingerprint density at radius 2 is 1.88 bits per heavy atom. The number of benzene rings is 2. The molecule has 0 atom stereocenters. The molecule has 24 heavy (non-hydrogen) atoms. The minimum atomic E-state index is -0.229. The SMILES string of the molecule is Cc1ccc(Nc2nccc(NCc3ccccc3F)n2)c(C)c1. The second kappa shape index (κ2) is 7.08. The number of aryl methyl sites for hydroxylation is 2. The molecule has 0 aliphatic rings. The number of hydrogen-bond acceptors (Lipinski definition) is 4. The van der Waals surface area contributed by atoms with Gasteiger partial charge in [0.05, 0.1) is 0 Å². The minimum absolute atomic E-state index is 0.229. The van der Waals surface area contributed by atoms with Gasteiger partial charge in [-0.25, -0.2) is 9.37 Å². The number of hydrogen-bond donors (Lipinski definition) is 2. The van der Waals surface area contributed by atoms with Gasteiger partial charge in [0.15, 0.2) is 0 Å². The molecule has 0 unspecified atom stereocenters. The van der Waals surface area contributed by atoms with Crippen LogP contribution < -0.4 is 10.6 Å². The molecule has 0 amide bonds. The first-order valence-corrected chi connectivity index (χ1v) is 7.76. The molecule has 1 heterocycles. The molecule has 1 aromatic heterocycles. The Balaban J connectivity index is 1.71. The van der Waals surface area contributed by atoms with E-state index in [1.54, 1.807) is 24.4 Å². The second-order valence-electron chi connectivity index (χ2n) is 5.65. The third kappa shape index (κ3) is 3.87. The second-order valence-corrected chi connectivity index (χ2v) is 5.65. The van der Waals surface area contributed by atoms with Crippen molar-refractivity contribution >= 4 is 17.5 Å². The van der Waals surface area contributed by atoms with Crippen LogP contribution in [-0.4, -0.2) is 9.97 Å². The fourth-order valence-corrected chi connectivity index (χ4v) is 2.42. The third-order valence-corrected chi connectivity index (χ3v) is 3.70. The van der Waals surface area contributed by atoms with E-state index in [2.05, 4.69) is 33.6 Å². The molecule has 0 saturated heterocycles. The summed E-state index contributed by atoms with van der Waals surface area (Å²) in [4.78, 5) is 8.65. The van der Waals surface area contributed by atoms with Crippen LogP contribution in [0.15, 0.2) is 54.7 Å². The molecule has 0 radical (unpaired) electrons. The van der Waals surface area contributed by atoms with Crippen molar-refractivity contribution in [2.24, 2.45) is 0 Å². The summed E-state index contributed by atoms with van der Waals surface area (Å²) in [5, 5.41) is 6.33. The highest BCUT2D eigenvalue weighted by Gasteiger charge is 2.04. The number of halogens is 1. The average molecular weight is 322 g/mol. The highest BCUT2D eigenvalue weighted by atomic mass is 19.1. The molecule has 0 fully saturated rings. The maximum atomic E-state index is 13.7. The topological polar surface area (TPSA) is 49.8 Å². The molecule has 2 N–H and O–H groups in total. The molecule has 5 heteroatoms. The Labute approximate surface area is 140 Å². The lowest BCUT2D eigenvalue weighted by Gasteiger charge is -2.11. The van der Waals surface area contributed by atoms with Crippen molar-refractivity contribution in [3.63, 3.8) is 0 Å². The van der Waals surface area contributed by atoms with Crippen LogP contribution in [0.3, 0.4) is 0 Å². The van der Waals surface area contributed by atoms with Gasteiger partial charge in [-0.1, -0.05) is 35.9 Å². The monoisotopic (exact) mass is 322 g/mol. The zero-order valence-electron chi connectivity index (χ0n) is 13.7. The van der Waals surface area contributed by atoms with Crippen LogP contribution in [0.2, 0.25) is 0 Å². The molecule has 122 valence electrons. The van der Waals surface area contributed by atoms with Gasteiger partial charge >= 0.3 is 0 Å². The summed E-state index contributed by atoms with van der Waals surface area (Å²) < 4.78 is 13.7. The van der Waals surface area contributed by atoms with Gasteiger partial charge < -0.3 is 10.6 Å². The maximum absolute atomic E-state index is 13.7. The van der Waals surface area contributed by atoms with Crippen molar-refractivity contribution < 1.29 is 4.39 Å². The Morgan fingerprint density at radius 1 is 1.04 bits per heavy atom. The normalized spacial score (nSPS) is 10.5. The number of nitrogens with one attached hydrogen (secondary N) is 2. The van der Waals surface area contributed by atoms with Gasteiger partial charge in [0.2, 0.25) is 5.95 Å². The molecule has 0 spiro atoms. The molecule has 0 saturated carbocycles. The predicted molar refractivity (Wildman–Crippen MR) is 95.0 cm³/mol. The van der Waals surface area contributed by atoms with E-state index in [9.17, 15) is 4.39 Å². The molecule has 0 aliphatic carbocycles. The molecule has 0 aliphatic heterocycles. The first kappa shape index (κ1) is 15.9. The van der Waals surface area contributed by atoms with E-state index in [-0.39, 0.29) is 5.82 Å². The van der Waals surface area contributed by atoms with Gasteiger partial charge in [-0.05, 0) is 37.6 Å². The van der Waals surface area contributed by atoms with Crippen molar-refractivity contribution in [2.45, 2.75) is 20.4 Å². The molecular formula is C19H19FN4. The smallest absolute Gasteiger partial charge is 0.229 e. The van der Waals surface area contributed by atoms with E-state index < -0.39 is 0 Å². The Bertz CT molecular complexity index is 848. The summed E-state index contributed by atoms with van der Waals surface area (Å²) in [7, 11) is 0. The van der Waals surface area contributed by atoms with E-state index in [1.165, 1.54) is 11.6 Å². The molecular weight excluding hydrogens is 303 g/mol. The maximum Gasteiger partial charge on any atom is 0.229 e. The lowest BCUT2D eigenvalue weighted by atomic mass is 10.1. The van der Waals surface area contributed by atoms with Crippen molar-refractivity contribution in [2.75, 3.05) is 10.6 Å². The van der Waals surface area contributed by atoms with E-state index in [4.69, 9.17) is 0 Å². The molecule has 3 rings (SSSR count). The first-order valence-electron chi connectivity index (χ1n) is 7.76. The number of anilines is 3. The zero-order chi connectivity index (χ0) is 16.9. The number of nitrogens with zero attached hydrogens (tertiary/aromatic N) is 2. The van der Waals surface area contributed by atoms with Gasteiger partial charge in [-0.3, -0.25) is 0 Å². The fraction of sp³-hybridized carbons (Fsp3) is 0.158. The summed E-state index contributed by atoms with van der Waals surface area (Å²) in [5.41, 5.74) is 3.90. The van der Waals surface area contributed by atoms with Crippen molar-refractivity contribution in [3.05, 3.63) is 77.2 Å². The minimum Gasteiger partial charge on any atom is -0.366 e. The van der Waals surface area contributed by atoms with Crippen LogP contribution in [-0.2, 0) is 6.54 Å². The van der Waals surface area contributed by atoms with E-state index in [1.807, 2.05) is 25.1 Å². The number of rotatable bonds is 5. The first-order chi connectivity index (χ1) is 11.6. The average Bonchev–Trinajstić information content (AvgIpc) is 2.57. The van der Waals surface area contributed by atoms with Crippen LogP contribution in [0.5, 0.6) is 0 Å². The van der Waals surface area contributed by atoms with Crippen LogP contribution >= 0.6 is 0 Å². The summed E-state index contributed by atoms with van der Waals surface area (Å²) >= 11 is 0. The zero-order valence-corrected chi connectivity index (χ0v) is 13.7. The van der Waals surface area contributed by atoms with Crippen LogP contribution in [0.4, 0.5) is 21.8 Å². The van der Waals surface area contributed by atoms with Crippen LogP contribution in [0.1, 0.15) is 16.7 Å². The van der Waals surface area contributed by atoms with E-state index >= 15 is 0 Å². The molecule has 0 bridgehead atoms. The van der Waals surface area contributed by atoms with Gasteiger partial charge in [0.25, 0.3) is 0 Å². The highest BCUT2D eigenvalue weighted by molar-refractivity contribution is 5.59. The molecule has 4 nitrogen and oxygen atoms in total. The Hall–Kier alpha value is -2.95. The summed E-state index contributed by atoms with van der Waals surface area (Å²) in [6.07, 6.45) is 1.67. The predicted octanol–water partition coefficient (Wildman–Crippen LogP) is 4.59. The summed E-state index contributed by atoms with van der Waals surface area (Å²) in [5.74, 6) is 0.911. The fourth-order valence-electron chi connectivity index (χ4n) is 2.42. The third-order valence-electron chi connectivity index (χ3n) is 3.70. The Kier molecular flexibility index (Phi) is 4.70. The van der Waals surface area contributed by atoms with E-state index in [0.29, 0.717) is 23.9 Å². The van der Waals surface area contributed by atoms with Crippen molar-refractivity contribution in [1.82, 2.24) is 9.97 Å². The van der Waals surface area contributed by atoms with Gasteiger partial charge in [0.1, 0.15) is 11.6 Å². The molecule has 3 aromatic rings. The standard InChI is InChI=1S/C19H19FN4/c1-13-7-8-17(14(2)11-13)23-19-21-10-9-18(24-19)22-12-15-5-3-4-6-16(15)20/h3-11H,12H2,1-2H3,(H2,21,22,23,24). The van der Waals surface area contributed by atoms with Crippen LogP contribution in [0.25, 0.3) is 0 Å². The van der Waals surface area contributed by atoms with Crippen molar-refractivity contribution in [3.8, 4) is 0 Å².